The largest absolute Gasteiger partial charge is 0.379 e. The number of hydrogen-bond donors (Lipinski definition) is 1. The second kappa shape index (κ2) is 8.83. The molecule has 1 aliphatic rings. The van der Waals surface area contributed by atoms with Crippen LogP contribution in [0.25, 0.3) is 0 Å². The summed E-state index contributed by atoms with van der Waals surface area (Å²) in [5.41, 5.74) is 4.02. The van der Waals surface area contributed by atoms with E-state index < -0.39 is 15.9 Å². The minimum Gasteiger partial charge on any atom is -0.379 e. The molecule has 0 spiro atoms. The smallest absolute Gasteiger partial charge is 0.272 e. The van der Waals surface area contributed by atoms with E-state index in [1.807, 2.05) is 0 Å². The molecule has 0 aromatic heterocycles. The summed E-state index contributed by atoms with van der Waals surface area (Å²) in [7, 11) is -3.54. The maximum Gasteiger partial charge on any atom is 0.272 e. The molecule has 0 unspecified atom stereocenters. The van der Waals surface area contributed by atoms with Gasteiger partial charge in [0, 0.05) is 13.1 Å². The molecule has 0 atom stereocenters. The number of halogens is 1. The highest BCUT2D eigenvalue weighted by Gasteiger charge is 2.26. The number of nitrogens with one attached hydrogen (secondary N) is 1. The standard InChI is InChI=1S/C19H20ClN3O4S/c1-14(21-22-19(24)17-4-2-3-5-18(17)20)15-6-8-16(9-7-15)28(25,26)23-10-12-27-13-11-23/h2-9H,10-13H2,1H3,(H,22,24)/b21-14+. The van der Waals surface area contributed by atoms with Crippen LogP contribution in [-0.4, -0.2) is 50.6 Å². The van der Waals surface area contributed by atoms with Crippen molar-refractivity contribution in [2.75, 3.05) is 26.3 Å². The molecule has 0 radical (unpaired) electrons. The van der Waals surface area contributed by atoms with Crippen LogP contribution in [0.5, 0.6) is 0 Å². The van der Waals surface area contributed by atoms with Gasteiger partial charge in [0.2, 0.25) is 10.0 Å². The van der Waals surface area contributed by atoms with Crippen LogP contribution in [0.3, 0.4) is 0 Å². The van der Waals surface area contributed by atoms with E-state index in [0.717, 1.165) is 0 Å². The highest BCUT2D eigenvalue weighted by molar-refractivity contribution is 7.89. The fraction of sp³-hybridized carbons (Fsp3) is 0.263. The molecule has 1 N–H and O–H groups in total. The van der Waals surface area contributed by atoms with Gasteiger partial charge in [-0.1, -0.05) is 35.9 Å². The van der Waals surface area contributed by atoms with Crippen LogP contribution < -0.4 is 5.43 Å². The molecule has 1 amide bonds. The molecule has 0 aliphatic carbocycles. The number of ether oxygens (including phenoxy) is 1. The molecule has 0 bridgehead atoms. The number of carbonyl (C=O) groups excluding carboxylic acids is 1. The fourth-order valence-corrected chi connectivity index (χ4v) is 4.34. The molecule has 9 heteroatoms. The molecule has 0 saturated carbocycles. The summed E-state index contributed by atoms with van der Waals surface area (Å²) in [6.45, 7) is 3.21. The van der Waals surface area contributed by atoms with E-state index in [-0.39, 0.29) is 4.90 Å². The van der Waals surface area contributed by atoms with Crippen molar-refractivity contribution in [2.24, 2.45) is 5.10 Å². The number of nitrogens with zero attached hydrogens (tertiary/aromatic N) is 2. The lowest BCUT2D eigenvalue weighted by Crippen LogP contribution is -2.40. The molecule has 28 heavy (non-hydrogen) atoms. The monoisotopic (exact) mass is 421 g/mol. The summed E-state index contributed by atoms with van der Waals surface area (Å²) >= 11 is 6.00. The number of amides is 1. The van der Waals surface area contributed by atoms with Crippen molar-refractivity contribution in [2.45, 2.75) is 11.8 Å². The highest BCUT2D eigenvalue weighted by Crippen LogP contribution is 2.18. The zero-order chi connectivity index (χ0) is 20.1. The van der Waals surface area contributed by atoms with Crippen molar-refractivity contribution in [3.8, 4) is 0 Å². The van der Waals surface area contributed by atoms with E-state index >= 15 is 0 Å². The summed E-state index contributed by atoms with van der Waals surface area (Å²) in [6.07, 6.45) is 0. The van der Waals surface area contributed by atoms with Gasteiger partial charge in [-0.25, -0.2) is 13.8 Å². The Morgan fingerprint density at radius 1 is 1.11 bits per heavy atom. The van der Waals surface area contributed by atoms with Crippen molar-refractivity contribution in [1.29, 1.82) is 0 Å². The third kappa shape index (κ3) is 4.59. The maximum atomic E-state index is 12.6. The maximum absolute atomic E-state index is 12.6. The average Bonchev–Trinajstić information content (AvgIpc) is 2.73. The Bertz CT molecular complexity index is 984. The molecule has 3 rings (SSSR count). The zero-order valence-corrected chi connectivity index (χ0v) is 16.8. The lowest BCUT2D eigenvalue weighted by Gasteiger charge is -2.26. The predicted molar refractivity (Wildman–Crippen MR) is 107 cm³/mol. The van der Waals surface area contributed by atoms with Gasteiger partial charge in [0.15, 0.2) is 0 Å². The van der Waals surface area contributed by atoms with Crippen LogP contribution in [0.15, 0.2) is 58.5 Å². The molecule has 7 nitrogen and oxygen atoms in total. The Kier molecular flexibility index (Phi) is 6.46. The van der Waals surface area contributed by atoms with E-state index in [0.29, 0.717) is 48.2 Å². The van der Waals surface area contributed by atoms with Crippen molar-refractivity contribution in [3.63, 3.8) is 0 Å². The van der Waals surface area contributed by atoms with Crippen LogP contribution in [0.1, 0.15) is 22.8 Å². The van der Waals surface area contributed by atoms with Crippen LogP contribution in [-0.2, 0) is 14.8 Å². The molecule has 1 heterocycles. The van der Waals surface area contributed by atoms with E-state index in [2.05, 4.69) is 10.5 Å². The van der Waals surface area contributed by atoms with E-state index in [1.54, 1.807) is 43.3 Å². The summed E-state index contributed by atoms with van der Waals surface area (Å²) in [5.74, 6) is -0.420. The van der Waals surface area contributed by atoms with Crippen molar-refractivity contribution in [3.05, 3.63) is 64.7 Å². The molecular weight excluding hydrogens is 402 g/mol. The number of rotatable bonds is 5. The SMILES string of the molecule is C/C(=N\NC(=O)c1ccccc1Cl)c1ccc(S(=O)(=O)N2CCOCC2)cc1. The van der Waals surface area contributed by atoms with Gasteiger partial charge in [-0.3, -0.25) is 4.79 Å². The first-order valence-electron chi connectivity index (χ1n) is 8.67. The lowest BCUT2D eigenvalue weighted by atomic mass is 10.1. The number of hydrogen-bond acceptors (Lipinski definition) is 5. The van der Waals surface area contributed by atoms with Gasteiger partial charge in [0.1, 0.15) is 0 Å². The quantitative estimate of drug-likeness (QED) is 0.593. The Morgan fingerprint density at radius 3 is 2.39 bits per heavy atom. The molecular formula is C19H20ClN3O4S. The van der Waals surface area contributed by atoms with Gasteiger partial charge in [0.25, 0.3) is 5.91 Å². The zero-order valence-electron chi connectivity index (χ0n) is 15.3. The minimum absolute atomic E-state index is 0.214. The number of morpholine rings is 1. The van der Waals surface area contributed by atoms with Gasteiger partial charge in [0.05, 0.1) is 34.4 Å². The van der Waals surface area contributed by atoms with Gasteiger partial charge < -0.3 is 4.74 Å². The molecule has 2 aromatic rings. The first kappa shape index (κ1) is 20.5. The summed E-state index contributed by atoms with van der Waals surface area (Å²) in [6, 6.07) is 13.1. The third-order valence-electron chi connectivity index (χ3n) is 4.32. The van der Waals surface area contributed by atoms with Crippen LogP contribution >= 0.6 is 11.6 Å². The van der Waals surface area contributed by atoms with Crippen LogP contribution in [0.4, 0.5) is 0 Å². The summed E-state index contributed by atoms with van der Waals surface area (Å²) in [5, 5.41) is 4.41. The Balaban J connectivity index is 1.71. The van der Waals surface area contributed by atoms with E-state index in [9.17, 15) is 13.2 Å². The van der Waals surface area contributed by atoms with Crippen molar-refractivity contribution < 1.29 is 17.9 Å². The first-order chi connectivity index (χ1) is 13.4. The molecule has 2 aromatic carbocycles. The second-order valence-corrected chi connectivity index (χ2v) is 8.50. The first-order valence-corrected chi connectivity index (χ1v) is 10.5. The predicted octanol–water partition coefficient (Wildman–Crippen LogP) is 2.51. The molecule has 1 aliphatic heterocycles. The lowest BCUT2D eigenvalue weighted by molar-refractivity contribution is 0.0730. The number of hydrazone groups is 1. The highest BCUT2D eigenvalue weighted by atomic mass is 35.5. The minimum atomic E-state index is -3.54. The van der Waals surface area contributed by atoms with Crippen LogP contribution in [0.2, 0.25) is 5.02 Å². The number of benzene rings is 2. The van der Waals surface area contributed by atoms with E-state index in [1.165, 1.54) is 16.4 Å². The van der Waals surface area contributed by atoms with Gasteiger partial charge in [-0.15, -0.1) is 0 Å². The van der Waals surface area contributed by atoms with Crippen molar-refractivity contribution >= 4 is 33.2 Å². The van der Waals surface area contributed by atoms with Gasteiger partial charge in [-0.05, 0) is 36.8 Å². The Morgan fingerprint density at radius 2 is 1.75 bits per heavy atom. The number of sulfonamides is 1. The molecule has 1 saturated heterocycles. The summed E-state index contributed by atoms with van der Waals surface area (Å²) < 4.78 is 31.9. The second-order valence-electron chi connectivity index (χ2n) is 6.16. The molecule has 148 valence electrons. The Hall–Kier alpha value is -2.26. The van der Waals surface area contributed by atoms with Crippen molar-refractivity contribution in [1.82, 2.24) is 9.73 Å². The van der Waals surface area contributed by atoms with E-state index in [4.69, 9.17) is 16.3 Å². The van der Waals surface area contributed by atoms with Gasteiger partial charge in [-0.2, -0.15) is 9.41 Å². The normalized spacial score (nSPS) is 16.0. The third-order valence-corrected chi connectivity index (χ3v) is 6.57. The average molecular weight is 422 g/mol. The molecule has 1 fully saturated rings. The summed E-state index contributed by atoms with van der Waals surface area (Å²) in [4.78, 5) is 12.4. The number of carbonyl (C=O) groups is 1. The Labute approximate surface area is 169 Å². The van der Waals surface area contributed by atoms with Crippen LogP contribution in [0, 0.1) is 0 Å². The van der Waals surface area contributed by atoms with Gasteiger partial charge >= 0.3 is 0 Å². The fourth-order valence-electron chi connectivity index (χ4n) is 2.71. The topological polar surface area (TPSA) is 88.1 Å².